The van der Waals surface area contributed by atoms with Gasteiger partial charge < -0.3 is 14.8 Å². The first-order valence-corrected chi connectivity index (χ1v) is 8.08. The summed E-state index contributed by atoms with van der Waals surface area (Å²) in [6, 6.07) is 0.195. The maximum Gasteiger partial charge on any atom is 0.326 e. The number of furan rings is 1. The molecule has 2 N–H and O–H groups in total. The number of amides is 1. The van der Waals surface area contributed by atoms with Crippen molar-refractivity contribution < 1.29 is 27.5 Å². The molecular formula is C12H17NO6S. The van der Waals surface area contributed by atoms with Crippen LogP contribution in [0.15, 0.2) is 16.7 Å². The number of carbonyl (C=O) groups excluding carboxylic acids is 1. The highest BCUT2D eigenvalue weighted by atomic mass is 32.2. The third-order valence-corrected chi connectivity index (χ3v) is 3.67. The van der Waals surface area contributed by atoms with E-state index in [-0.39, 0.29) is 17.7 Å². The number of hydrogen-bond donors (Lipinski definition) is 2. The highest BCUT2D eigenvalue weighted by Crippen LogP contribution is 2.11. The molecule has 0 spiro atoms. The lowest BCUT2D eigenvalue weighted by Gasteiger charge is -2.13. The highest BCUT2D eigenvalue weighted by Gasteiger charge is 2.23. The van der Waals surface area contributed by atoms with E-state index in [1.165, 1.54) is 12.3 Å². The van der Waals surface area contributed by atoms with Crippen molar-refractivity contribution in [3.8, 4) is 0 Å². The first kappa shape index (κ1) is 16.2. The minimum atomic E-state index is -3.29. The van der Waals surface area contributed by atoms with Gasteiger partial charge in [0.25, 0.3) is 5.91 Å². The lowest BCUT2D eigenvalue weighted by molar-refractivity contribution is -0.139. The van der Waals surface area contributed by atoms with Gasteiger partial charge in [0.15, 0.2) is 0 Å². The fraction of sp³-hybridized carbons (Fsp3) is 0.500. The summed E-state index contributed by atoms with van der Waals surface area (Å²) in [5, 5.41) is 11.3. The van der Waals surface area contributed by atoms with E-state index >= 15 is 0 Å². The number of aryl methyl sites for hydroxylation is 1. The van der Waals surface area contributed by atoms with Crippen molar-refractivity contribution >= 4 is 21.7 Å². The van der Waals surface area contributed by atoms with Crippen molar-refractivity contribution in [1.82, 2.24) is 5.32 Å². The van der Waals surface area contributed by atoms with Crippen LogP contribution in [0, 0.1) is 0 Å². The minimum Gasteiger partial charge on any atom is -0.480 e. The number of carbonyl (C=O) groups is 2. The fourth-order valence-corrected chi connectivity index (χ4v) is 2.31. The van der Waals surface area contributed by atoms with Crippen molar-refractivity contribution in [3.63, 3.8) is 0 Å². The zero-order valence-corrected chi connectivity index (χ0v) is 12.1. The Bertz CT molecular complexity index is 589. The first-order chi connectivity index (χ1) is 9.24. The Morgan fingerprint density at radius 1 is 1.45 bits per heavy atom. The fourth-order valence-electron chi connectivity index (χ4n) is 1.64. The normalized spacial score (nSPS) is 12.9. The molecule has 0 aromatic carbocycles. The van der Waals surface area contributed by atoms with Gasteiger partial charge in [-0.05, 0) is 12.5 Å². The first-order valence-electron chi connectivity index (χ1n) is 6.02. The summed E-state index contributed by atoms with van der Waals surface area (Å²) in [6.07, 6.45) is 2.68. The molecule has 0 aliphatic heterocycles. The number of carboxylic acids is 1. The molecule has 1 unspecified atom stereocenters. The second kappa shape index (κ2) is 6.56. The van der Waals surface area contributed by atoms with Gasteiger partial charge in [0.05, 0.1) is 17.6 Å². The summed E-state index contributed by atoms with van der Waals surface area (Å²) in [5.74, 6) is -1.72. The molecule has 8 heteroatoms. The standard InChI is InChI=1S/C12H17NO6S/c1-3-10-8(4-6-19-10)11(14)13-9(12(15)16)5-7-20(2,17)18/h4,6,9H,3,5,7H2,1-2H3,(H,13,14)(H,15,16). The summed E-state index contributed by atoms with van der Waals surface area (Å²) < 4.78 is 27.2. The van der Waals surface area contributed by atoms with Crippen LogP contribution in [0.3, 0.4) is 0 Å². The maximum absolute atomic E-state index is 11.9. The van der Waals surface area contributed by atoms with E-state index in [1.54, 1.807) is 6.92 Å². The molecule has 0 aliphatic carbocycles. The molecule has 0 fully saturated rings. The van der Waals surface area contributed by atoms with Crippen LogP contribution in [0.4, 0.5) is 0 Å². The lowest BCUT2D eigenvalue weighted by Crippen LogP contribution is -2.42. The van der Waals surface area contributed by atoms with Crippen molar-refractivity contribution in [2.24, 2.45) is 0 Å². The Hall–Kier alpha value is -1.83. The van der Waals surface area contributed by atoms with E-state index in [4.69, 9.17) is 9.52 Å². The average Bonchev–Trinajstić information content (AvgIpc) is 2.80. The van der Waals surface area contributed by atoms with Crippen LogP contribution in [-0.4, -0.2) is 43.5 Å². The molecule has 1 aromatic heterocycles. The number of nitrogens with one attached hydrogen (secondary N) is 1. The van der Waals surface area contributed by atoms with Crippen LogP contribution in [0.2, 0.25) is 0 Å². The van der Waals surface area contributed by atoms with E-state index in [0.29, 0.717) is 12.2 Å². The van der Waals surface area contributed by atoms with Crippen LogP contribution >= 0.6 is 0 Å². The van der Waals surface area contributed by atoms with Crippen molar-refractivity contribution in [2.75, 3.05) is 12.0 Å². The smallest absolute Gasteiger partial charge is 0.326 e. The van der Waals surface area contributed by atoms with Crippen molar-refractivity contribution in [2.45, 2.75) is 25.8 Å². The van der Waals surface area contributed by atoms with Crippen LogP contribution in [0.1, 0.15) is 29.5 Å². The van der Waals surface area contributed by atoms with Crippen LogP contribution in [0.5, 0.6) is 0 Å². The quantitative estimate of drug-likeness (QED) is 0.756. The second-order valence-corrected chi connectivity index (χ2v) is 6.65. The molecule has 1 aromatic rings. The summed E-state index contributed by atoms with van der Waals surface area (Å²) in [7, 11) is -3.29. The number of sulfone groups is 1. The predicted octanol–water partition coefficient (Wildman–Crippen LogP) is 0.460. The van der Waals surface area contributed by atoms with Crippen molar-refractivity contribution in [3.05, 3.63) is 23.7 Å². The summed E-state index contributed by atoms with van der Waals surface area (Å²) in [5.41, 5.74) is 0.262. The third-order valence-electron chi connectivity index (χ3n) is 2.69. The summed E-state index contributed by atoms with van der Waals surface area (Å²) >= 11 is 0. The molecule has 1 atom stereocenters. The lowest BCUT2D eigenvalue weighted by atomic mass is 10.1. The Labute approximate surface area is 116 Å². The Kier molecular flexibility index (Phi) is 5.32. The molecule has 0 saturated heterocycles. The van der Waals surface area contributed by atoms with Gasteiger partial charge in [0, 0.05) is 12.7 Å². The van der Waals surface area contributed by atoms with E-state index in [9.17, 15) is 18.0 Å². The molecule has 20 heavy (non-hydrogen) atoms. The van der Waals surface area contributed by atoms with Crippen LogP contribution < -0.4 is 5.32 Å². The summed E-state index contributed by atoms with van der Waals surface area (Å²) in [6.45, 7) is 1.80. The van der Waals surface area contributed by atoms with Gasteiger partial charge in [-0.25, -0.2) is 13.2 Å². The van der Waals surface area contributed by atoms with Gasteiger partial charge in [0.2, 0.25) is 0 Å². The zero-order chi connectivity index (χ0) is 15.3. The van der Waals surface area contributed by atoms with E-state index in [1.807, 2.05) is 0 Å². The second-order valence-electron chi connectivity index (χ2n) is 4.39. The van der Waals surface area contributed by atoms with Gasteiger partial charge in [-0.1, -0.05) is 6.92 Å². The highest BCUT2D eigenvalue weighted by molar-refractivity contribution is 7.90. The van der Waals surface area contributed by atoms with E-state index in [0.717, 1.165) is 6.26 Å². The Morgan fingerprint density at radius 2 is 2.10 bits per heavy atom. The van der Waals surface area contributed by atoms with Gasteiger partial charge in [0.1, 0.15) is 21.6 Å². The van der Waals surface area contributed by atoms with Gasteiger partial charge in [-0.2, -0.15) is 0 Å². The molecule has 0 aliphatic rings. The topological polar surface area (TPSA) is 114 Å². The number of rotatable bonds is 7. The number of carboxylic acid groups (broad SMARTS) is 1. The molecule has 0 radical (unpaired) electrons. The minimum absolute atomic E-state index is 0.181. The zero-order valence-electron chi connectivity index (χ0n) is 11.3. The third kappa shape index (κ3) is 4.69. The number of aliphatic carboxylic acids is 1. The Morgan fingerprint density at radius 3 is 2.60 bits per heavy atom. The van der Waals surface area contributed by atoms with Crippen LogP contribution in [-0.2, 0) is 21.1 Å². The van der Waals surface area contributed by atoms with Gasteiger partial charge in [-0.15, -0.1) is 0 Å². The average molecular weight is 303 g/mol. The van der Waals surface area contributed by atoms with E-state index in [2.05, 4.69) is 5.32 Å². The van der Waals surface area contributed by atoms with Gasteiger partial charge >= 0.3 is 5.97 Å². The molecule has 0 saturated carbocycles. The largest absolute Gasteiger partial charge is 0.480 e. The molecule has 1 amide bonds. The monoisotopic (exact) mass is 303 g/mol. The maximum atomic E-state index is 11.9. The van der Waals surface area contributed by atoms with Crippen molar-refractivity contribution in [1.29, 1.82) is 0 Å². The molecule has 1 rings (SSSR count). The predicted molar refractivity (Wildman–Crippen MR) is 71.3 cm³/mol. The Balaban J connectivity index is 2.76. The van der Waals surface area contributed by atoms with Gasteiger partial charge in [-0.3, -0.25) is 4.79 Å². The number of hydrogen-bond acceptors (Lipinski definition) is 5. The van der Waals surface area contributed by atoms with E-state index < -0.39 is 27.8 Å². The molecule has 7 nitrogen and oxygen atoms in total. The molecule has 0 bridgehead atoms. The molecule has 112 valence electrons. The molecule has 1 heterocycles. The SMILES string of the molecule is CCc1occc1C(=O)NC(CCS(C)(=O)=O)C(=O)O. The molecular weight excluding hydrogens is 286 g/mol. The summed E-state index contributed by atoms with van der Waals surface area (Å²) in [4.78, 5) is 23.0. The van der Waals surface area contributed by atoms with Crippen LogP contribution in [0.25, 0.3) is 0 Å².